The number of methoxy groups -OCH3 is 1. The molecule has 0 bridgehead atoms. The second kappa shape index (κ2) is 9.10. The van der Waals surface area contributed by atoms with E-state index in [-0.39, 0.29) is 47.6 Å². The van der Waals surface area contributed by atoms with Crippen LogP contribution in [0.3, 0.4) is 0 Å². The Bertz CT molecular complexity index is 887. The Labute approximate surface area is 197 Å². The molecule has 0 N–H and O–H groups in total. The van der Waals surface area contributed by atoms with Crippen LogP contribution in [0.5, 0.6) is 0 Å². The summed E-state index contributed by atoms with van der Waals surface area (Å²) in [4.78, 5) is 37.0. The highest BCUT2D eigenvalue weighted by Gasteiger charge is 2.61. The zero-order valence-electron chi connectivity index (χ0n) is 20.6. The third kappa shape index (κ3) is 4.14. The second-order valence-electron chi connectivity index (χ2n) is 11.1. The molecule has 182 valence electrons. The van der Waals surface area contributed by atoms with Gasteiger partial charge < -0.3 is 14.2 Å². The quantitative estimate of drug-likeness (QED) is 0.245. The van der Waals surface area contributed by atoms with Crippen molar-refractivity contribution in [3.63, 3.8) is 0 Å². The van der Waals surface area contributed by atoms with Crippen LogP contribution in [-0.4, -0.2) is 44.7 Å². The lowest BCUT2D eigenvalue weighted by Crippen LogP contribution is -2.48. The van der Waals surface area contributed by atoms with Crippen molar-refractivity contribution < 1.29 is 28.6 Å². The first-order chi connectivity index (χ1) is 15.6. The number of fused-ring (bicyclic) bond motifs is 5. The van der Waals surface area contributed by atoms with Crippen LogP contribution in [0.25, 0.3) is 0 Å². The predicted octanol–water partition coefficient (Wildman–Crippen LogP) is 4.28. The van der Waals surface area contributed by atoms with E-state index in [1.165, 1.54) is 18.1 Å². The van der Waals surface area contributed by atoms with Gasteiger partial charge in [-0.3, -0.25) is 14.4 Å². The molecule has 4 rings (SSSR count). The van der Waals surface area contributed by atoms with E-state index < -0.39 is 5.97 Å². The third-order valence-corrected chi connectivity index (χ3v) is 9.13. The van der Waals surface area contributed by atoms with Gasteiger partial charge in [0.2, 0.25) is 0 Å². The van der Waals surface area contributed by atoms with Gasteiger partial charge in [0.05, 0.1) is 6.61 Å². The van der Waals surface area contributed by atoms with Crippen molar-refractivity contribution in [1.29, 1.82) is 0 Å². The molecule has 6 heteroatoms. The minimum Gasteiger partial charge on any atom is -0.458 e. The summed E-state index contributed by atoms with van der Waals surface area (Å²) in [5, 5.41) is 0. The summed E-state index contributed by atoms with van der Waals surface area (Å²) in [6, 6.07) is 0. The summed E-state index contributed by atoms with van der Waals surface area (Å²) in [7, 11) is 1.60. The van der Waals surface area contributed by atoms with Crippen LogP contribution in [0.1, 0.15) is 59.8 Å². The van der Waals surface area contributed by atoms with Gasteiger partial charge in [0, 0.05) is 31.8 Å². The number of carbonyl (C=O) groups excluding carboxylic acids is 3. The molecule has 0 amide bonds. The maximum absolute atomic E-state index is 13.4. The van der Waals surface area contributed by atoms with Gasteiger partial charge in [0.1, 0.15) is 13.4 Å². The topological polar surface area (TPSA) is 78.9 Å². The number of esters is 1. The minimum absolute atomic E-state index is 0.00279. The fourth-order valence-corrected chi connectivity index (χ4v) is 7.79. The number of hydrogen-bond donors (Lipinski definition) is 0. The van der Waals surface area contributed by atoms with Gasteiger partial charge in [-0.1, -0.05) is 38.0 Å². The van der Waals surface area contributed by atoms with Crippen LogP contribution in [0, 0.1) is 40.4 Å². The number of Topliss-reactive ketones (excluding diaryl/α,β-unsaturated/α-hetero) is 1. The lowest BCUT2D eigenvalue weighted by atomic mass is 9.49. The maximum atomic E-state index is 13.4. The lowest BCUT2D eigenvalue weighted by molar-refractivity contribution is -0.149. The van der Waals surface area contributed by atoms with Gasteiger partial charge in [0.15, 0.2) is 11.6 Å². The van der Waals surface area contributed by atoms with Crippen molar-refractivity contribution in [3.8, 4) is 0 Å². The van der Waals surface area contributed by atoms with E-state index in [4.69, 9.17) is 14.2 Å². The molecule has 0 radical (unpaired) electrons. The predicted molar refractivity (Wildman–Crippen MR) is 123 cm³/mol. The van der Waals surface area contributed by atoms with Crippen LogP contribution >= 0.6 is 0 Å². The highest BCUT2D eigenvalue weighted by atomic mass is 16.7. The Morgan fingerprint density at radius 2 is 1.94 bits per heavy atom. The molecule has 6 nitrogen and oxygen atoms in total. The normalized spacial score (nSPS) is 39.7. The smallest absolute Gasteiger partial charge is 0.303 e. The molecule has 2 saturated carbocycles. The lowest BCUT2D eigenvalue weighted by Gasteiger charge is -2.55. The van der Waals surface area contributed by atoms with Crippen molar-refractivity contribution in [2.24, 2.45) is 40.4 Å². The summed E-state index contributed by atoms with van der Waals surface area (Å²) in [5.74, 6) is 0.773. The highest BCUT2D eigenvalue weighted by molar-refractivity contribution is 5.92. The van der Waals surface area contributed by atoms with Gasteiger partial charge in [0.25, 0.3) is 0 Å². The Morgan fingerprint density at radius 1 is 1.18 bits per heavy atom. The maximum Gasteiger partial charge on any atom is 0.303 e. The van der Waals surface area contributed by atoms with E-state index in [0.29, 0.717) is 30.8 Å². The summed E-state index contributed by atoms with van der Waals surface area (Å²) < 4.78 is 16.0. The Kier molecular flexibility index (Phi) is 6.71. The van der Waals surface area contributed by atoms with Crippen molar-refractivity contribution in [2.45, 2.75) is 59.8 Å². The molecule has 7 atom stereocenters. The Morgan fingerprint density at radius 3 is 2.64 bits per heavy atom. The molecule has 0 spiro atoms. The highest BCUT2D eigenvalue weighted by Crippen LogP contribution is 2.66. The standard InChI is InChI=1S/C27H38O6/c1-16-10-20-21(26(3)8-6-19(29)12-22(16)26)7-9-27(4)23(20)11-18(13-32-15-31-5)25(27)24(30)14-33-17(2)28/h7,12,16,18,20,23,25H,6,8-11,13-15H2,1-5H3/t16-,18+,20+,23-,25+,26+,27-/m0/s1. The molecule has 0 aromatic carbocycles. The van der Waals surface area contributed by atoms with Gasteiger partial charge in [-0.05, 0) is 60.8 Å². The van der Waals surface area contributed by atoms with Crippen molar-refractivity contribution in [1.82, 2.24) is 0 Å². The summed E-state index contributed by atoms with van der Waals surface area (Å²) >= 11 is 0. The van der Waals surface area contributed by atoms with Gasteiger partial charge in [-0.15, -0.1) is 0 Å². The Balaban J connectivity index is 1.67. The van der Waals surface area contributed by atoms with Crippen LogP contribution in [0.2, 0.25) is 0 Å². The van der Waals surface area contributed by atoms with E-state index in [9.17, 15) is 14.4 Å². The fourth-order valence-electron chi connectivity index (χ4n) is 7.79. The molecule has 4 aliphatic carbocycles. The number of ketones is 2. The number of allylic oxidation sites excluding steroid dienone is 4. The molecule has 0 heterocycles. The fraction of sp³-hybridized carbons (Fsp3) is 0.741. The van der Waals surface area contributed by atoms with Crippen molar-refractivity contribution in [3.05, 3.63) is 23.3 Å². The molecule has 0 aliphatic heterocycles. The summed E-state index contributed by atoms with van der Waals surface area (Å²) in [6.45, 7) is 8.65. The molecule has 33 heavy (non-hydrogen) atoms. The monoisotopic (exact) mass is 458 g/mol. The molecule has 0 unspecified atom stereocenters. The first-order valence-electron chi connectivity index (χ1n) is 12.3. The largest absolute Gasteiger partial charge is 0.458 e. The zero-order chi connectivity index (χ0) is 24.0. The number of hydrogen-bond acceptors (Lipinski definition) is 6. The summed E-state index contributed by atoms with van der Waals surface area (Å²) in [6.07, 6.45) is 8.54. The van der Waals surface area contributed by atoms with Crippen molar-refractivity contribution in [2.75, 3.05) is 27.1 Å². The summed E-state index contributed by atoms with van der Waals surface area (Å²) in [5.41, 5.74) is 2.52. The average molecular weight is 459 g/mol. The number of ether oxygens (including phenoxy) is 3. The molecule has 4 aliphatic rings. The zero-order valence-corrected chi connectivity index (χ0v) is 20.6. The van der Waals surface area contributed by atoms with Crippen LogP contribution < -0.4 is 0 Å². The molecular weight excluding hydrogens is 420 g/mol. The van der Waals surface area contributed by atoms with E-state index in [0.717, 1.165) is 25.7 Å². The molecular formula is C27H38O6. The first kappa shape index (κ1) is 24.3. The number of rotatable bonds is 7. The molecule has 0 aromatic heterocycles. The second-order valence-corrected chi connectivity index (χ2v) is 11.1. The molecule has 0 aromatic rings. The number of carbonyl (C=O) groups is 3. The van der Waals surface area contributed by atoms with Crippen molar-refractivity contribution >= 4 is 17.5 Å². The molecule has 0 saturated heterocycles. The van der Waals surface area contributed by atoms with E-state index in [1.807, 2.05) is 6.08 Å². The van der Waals surface area contributed by atoms with Gasteiger partial charge in [-0.25, -0.2) is 0 Å². The third-order valence-electron chi connectivity index (χ3n) is 9.13. The Hall–Kier alpha value is -1.79. The van der Waals surface area contributed by atoms with Crippen LogP contribution in [0.15, 0.2) is 23.3 Å². The van der Waals surface area contributed by atoms with Gasteiger partial charge in [-0.2, -0.15) is 0 Å². The van der Waals surface area contributed by atoms with Gasteiger partial charge >= 0.3 is 5.97 Å². The first-order valence-corrected chi connectivity index (χ1v) is 12.3. The SMILES string of the molecule is COCOC[C@H]1C[C@H]2[C@@H]3C[C@H](C)C4=CC(=O)CC[C@]4(C)C3=CC[C@]2(C)[C@H]1C(=O)COC(C)=O. The van der Waals surface area contributed by atoms with Crippen LogP contribution in [0.4, 0.5) is 0 Å². The average Bonchev–Trinajstić information content (AvgIpc) is 3.06. The van der Waals surface area contributed by atoms with E-state index in [1.54, 1.807) is 7.11 Å². The molecule has 2 fully saturated rings. The van der Waals surface area contributed by atoms with Crippen LogP contribution in [-0.2, 0) is 28.6 Å². The minimum atomic E-state index is -0.429. The van der Waals surface area contributed by atoms with E-state index in [2.05, 4.69) is 26.8 Å². The van der Waals surface area contributed by atoms with E-state index >= 15 is 0 Å².